The van der Waals surface area contributed by atoms with E-state index in [0.717, 1.165) is 30.8 Å². The first kappa shape index (κ1) is 12.2. The molecule has 3 rings (SSSR count). The van der Waals surface area contributed by atoms with E-state index in [1.54, 1.807) is 0 Å². The molecule has 2 aromatic rings. The zero-order valence-electron chi connectivity index (χ0n) is 11.5. The number of nitrogens with zero attached hydrogens (tertiary/aromatic N) is 2. The van der Waals surface area contributed by atoms with Gasteiger partial charge in [0.15, 0.2) is 0 Å². The quantitative estimate of drug-likeness (QED) is 0.827. The predicted octanol–water partition coefficient (Wildman–Crippen LogP) is 2.09. The molecule has 1 atom stereocenters. The summed E-state index contributed by atoms with van der Waals surface area (Å²) in [5.41, 5.74) is 11.9. The van der Waals surface area contributed by atoms with Crippen molar-refractivity contribution in [1.82, 2.24) is 15.1 Å². The molecular formula is C15H20N4. The molecule has 0 bridgehead atoms. The molecule has 1 aromatic heterocycles. The Morgan fingerprint density at radius 1 is 1.47 bits per heavy atom. The van der Waals surface area contributed by atoms with E-state index in [0.29, 0.717) is 6.04 Å². The van der Waals surface area contributed by atoms with Crippen LogP contribution in [0, 0.1) is 6.92 Å². The van der Waals surface area contributed by atoms with Gasteiger partial charge in [0, 0.05) is 37.1 Å². The summed E-state index contributed by atoms with van der Waals surface area (Å²) in [6, 6.07) is 6.70. The van der Waals surface area contributed by atoms with Crippen LogP contribution in [0.2, 0.25) is 0 Å². The third-order valence-corrected chi connectivity index (χ3v) is 3.90. The molecule has 1 heterocycles. The second-order valence-corrected chi connectivity index (χ2v) is 5.34. The molecular weight excluding hydrogens is 236 g/mol. The number of nitrogens with one attached hydrogen (secondary N) is 1. The first-order valence-corrected chi connectivity index (χ1v) is 6.74. The normalized spacial score (nSPS) is 17.7. The lowest BCUT2D eigenvalue weighted by atomic mass is 10.1. The van der Waals surface area contributed by atoms with Crippen LogP contribution in [0.4, 0.5) is 5.69 Å². The van der Waals surface area contributed by atoms with Crippen molar-refractivity contribution in [3.8, 4) is 0 Å². The van der Waals surface area contributed by atoms with Crippen LogP contribution in [0.3, 0.4) is 0 Å². The summed E-state index contributed by atoms with van der Waals surface area (Å²) in [7, 11) is 1.96. The number of nitrogens with two attached hydrogens (primary N) is 1. The predicted molar refractivity (Wildman–Crippen MR) is 76.7 cm³/mol. The molecule has 0 saturated carbocycles. The zero-order chi connectivity index (χ0) is 13.4. The Labute approximate surface area is 113 Å². The highest BCUT2D eigenvalue weighted by molar-refractivity contribution is 5.47. The van der Waals surface area contributed by atoms with Gasteiger partial charge in [-0.3, -0.25) is 4.68 Å². The molecule has 1 aliphatic rings. The second kappa shape index (κ2) is 4.70. The molecule has 0 saturated heterocycles. The summed E-state index contributed by atoms with van der Waals surface area (Å²) < 4.78 is 1.87. The Hall–Kier alpha value is -1.81. The minimum absolute atomic E-state index is 0.440. The lowest BCUT2D eigenvalue weighted by Crippen LogP contribution is -2.18. The number of aromatic nitrogens is 2. The van der Waals surface area contributed by atoms with E-state index in [1.165, 1.54) is 16.7 Å². The topological polar surface area (TPSA) is 55.9 Å². The average molecular weight is 256 g/mol. The van der Waals surface area contributed by atoms with Crippen molar-refractivity contribution in [1.29, 1.82) is 0 Å². The summed E-state index contributed by atoms with van der Waals surface area (Å²) in [5, 5.41) is 8.01. The van der Waals surface area contributed by atoms with Crippen molar-refractivity contribution in [3.05, 3.63) is 46.8 Å². The third kappa shape index (κ3) is 2.36. The maximum Gasteiger partial charge on any atom is 0.0638 e. The number of hydrogen-bond acceptors (Lipinski definition) is 3. The summed E-state index contributed by atoms with van der Waals surface area (Å²) in [4.78, 5) is 0. The molecule has 100 valence electrons. The number of benzene rings is 1. The van der Waals surface area contributed by atoms with Crippen molar-refractivity contribution >= 4 is 5.69 Å². The molecule has 4 nitrogen and oxygen atoms in total. The minimum Gasteiger partial charge on any atom is -0.399 e. The van der Waals surface area contributed by atoms with Crippen molar-refractivity contribution in [2.45, 2.75) is 32.4 Å². The van der Waals surface area contributed by atoms with Gasteiger partial charge in [0.1, 0.15) is 0 Å². The lowest BCUT2D eigenvalue weighted by molar-refractivity contribution is 0.529. The number of nitrogen functional groups attached to an aromatic ring is 1. The minimum atomic E-state index is 0.440. The van der Waals surface area contributed by atoms with Crippen molar-refractivity contribution in [3.63, 3.8) is 0 Å². The van der Waals surface area contributed by atoms with Gasteiger partial charge in [0.25, 0.3) is 0 Å². The van der Waals surface area contributed by atoms with Crippen LogP contribution in [0.25, 0.3) is 0 Å². The summed E-state index contributed by atoms with van der Waals surface area (Å²) in [6.45, 7) is 2.93. The molecule has 0 radical (unpaired) electrons. The second-order valence-electron chi connectivity index (χ2n) is 5.34. The largest absolute Gasteiger partial charge is 0.399 e. The molecule has 1 aliphatic carbocycles. The lowest BCUT2D eigenvalue weighted by Gasteiger charge is -2.13. The standard InChI is InChI=1S/C15H20N4/c1-10-12(9-19(2)18-10)8-17-15-6-3-11-7-13(16)4-5-14(11)15/h4-5,7,9,15,17H,3,6,8,16H2,1-2H3. The molecule has 1 aromatic carbocycles. The van der Waals surface area contributed by atoms with Crippen molar-refractivity contribution in [2.75, 3.05) is 5.73 Å². The first-order valence-electron chi connectivity index (χ1n) is 6.74. The molecule has 19 heavy (non-hydrogen) atoms. The maximum atomic E-state index is 5.83. The van der Waals surface area contributed by atoms with E-state index in [1.807, 2.05) is 17.8 Å². The highest BCUT2D eigenvalue weighted by Crippen LogP contribution is 2.32. The van der Waals surface area contributed by atoms with Gasteiger partial charge in [-0.1, -0.05) is 6.07 Å². The van der Waals surface area contributed by atoms with Crippen LogP contribution in [-0.4, -0.2) is 9.78 Å². The van der Waals surface area contributed by atoms with Gasteiger partial charge < -0.3 is 11.1 Å². The third-order valence-electron chi connectivity index (χ3n) is 3.90. The van der Waals surface area contributed by atoms with Gasteiger partial charge in [0.2, 0.25) is 0 Å². The van der Waals surface area contributed by atoms with Crippen LogP contribution in [0.5, 0.6) is 0 Å². The Morgan fingerprint density at radius 3 is 3.05 bits per heavy atom. The smallest absolute Gasteiger partial charge is 0.0638 e. The van der Waals surface area contributed by atoms with Gasteiger partial charge in [0.05, 0.1) is 5.69 Å². The van der Waals surface area contributed by atoms with Gasteiger partial charge in [-0.15, -0.1) is 0 Å². The molecule has 4 heteroatoms. The highest BCUT2D eigenvalue weighted by atomic mass is 15.2. The zero-order valence-corrected chi connectivity index (χ0v) is 11.5. The fourth-order valence-electron chi connectivity index (χ4n) is 2.90. The highest BCUT2D eigenvalue weighted by Gasteiger charge is 2.22. The van der Waals surface area contributed by atoms with E-state index in [2.05, 4.69) is 35.7 Å². The van der Waals surface area contributed by atoms with Crippen LogP contribution in [0.15, 0.2) is 24.4 Å². The van der Waals surface area contributed by atoms with E-state index in [9.17, 15) is 0 Å². The molecule has 0 amide bonds. The number of anilines is 1. The van der Waals surface area contributed by atoms with Crippen molar-refractivity contribution in [2.24, 2.45) is 7.05 Å². The van der Waals surface area contributed by atoms with E-state index < -0.39 is 0 Å². The Balaban J connectivity index is 1.71. The van der Waals surface area contributed by atoms with Crippen LogP contribution in [-0.2, 0) is 20.0 Å². The van der Waals surface area contributed by atoms with Gasteiger partial charge in [-0.25, -0.2) is 0 Å². The van der Waals surface area contributed by atoms with Crippen LogP contribution < -0.4 is 11.1 Å². The van der Waals surface area contributed by atoms with E-state index >= 15 is 0 Å². The first-order chi connectivity index (χ1) is 9.13. The fraction of sp³-hybridized carbons (Fsp3) is 0.400. The molecule has 0 aliphatic heterocycles. The number of aryl methyl sites for hydroxylation is 3. The number of hydrogen-bond donors (Lipinski definition) is 2. The van der Waals surface area contributed by atoms with Crippen LogP contribution in [0.1, 0.15) is 34.8 Å². The molecule has 0 fully saturated rings. The monoisotopic (exact) mass is 256 g/mol. The van der Waals surface area contributed by atoms with Crippen molar-refractivity contribution < 1.29 is 0 Å². The summed E-state index contributed by atoms with van der Waals surface area (Å²) in [5.74, 6) is 0. The SMILES string of the molecule is Cc1nn(C)cc1CNC1CCc2cc(N)ccc21. The van der Waals surface area contributed by atoms with E-state index in [4.69, 9.17) is 5.73 Å². The molecule has 0 spiro atoms. The number of fused-ring (bicyclic) bond motifs is 1. The summed E-state index contributed by atoms with van der Waals surface area (Å²) >= 11 is 0. The Morgan fingerprint density at radius 2 is 2.32 bits per heavy atom. The molecule has 3 N–H and O–H groups in total. The van der Waals surface area contributed by atoms with Gasteiger partial charge in [-0.2, -0.15) is 5.10 Å². The summed E-state index contributed by atoms with van der Waals surface area (Å²) in [6.07, 6.45) is 4.35. The Kier molecular flexibility index (Phi) is 3.03. The van der Waals surface area contributed by atoms with E-state index in [-0.39, 0.29) is 0 Å². The Bertz CT molecular complexity index is 600. The number of rotatable bonds is 3. The maximum absolute atomic E-state index is 5.83. The van der Waals surface area contributed by atoms with Gasteiger partial charge in [-0.05, 0) is 43.0 Å². The fourth-order valence-corrected chi connectivity index (χ4v) is 2.90. The van der Waals surface area contributed by atoms with Crippen LogP contribution >= 0.6 is 0 Å². The average Bonchev–Trinajstić information content (AvgIpc) is 2.89. The van der Waals surface area contributed by atoms with Gasteiger partial charge >= 0.3 is 0 Å². The molecule has 1 unspecified atom stereocenters.